The van der Waals surface area contributed by atoms with Crippen molar-refractivity contribution >= 4 is 10.2 Å². The molecule has 1 aromatic rings. The molecule has 1 N–H and O–H groups in total. The third kappa shape index (κ3) is 4.03. The molecule has 1 fully saturated rings. The monoisotopic (exact) mass is 317 g/mol. The molecule has 21 heavy (non-hydrogen) atoms. The van der Waals surface area contributed by atoms with Crippen LogP contribution in [0.3, 0.4) is 0 Å². The molecule has 2 rings (SSSR count). The van der Waals surface area contributed by atoms with E-state index in [9.17, 15) is 8.42 Å². The normalized spacial score (nSPS) is 20.5. The van der Waals surface area contributed by atoms with Gasteiger partial charge in [-0.1, -0.05) is 19.0 Å². The molecule has 1 aromatic heterocycles. The van der Waals surface area contributed by atoms with Crippen molar-refractivity contribution in [2.75, 3.05) is 20.3 Å². The van der Waals surface area contributed by atoms with Gasteiger partial charge in [0, 0.05) is 31.7 Å². The minimum absolute atomic E-state index is 0.0870. The van der Waals surface area contributed by atoms with Gasteiger partial charge >= 0.3 is 0 Å². The molecule has 0 amide bonds. The molecule has 0 unspecified atom stereocenters. The van der Waals surface area contributed by atoms with Gasteiger partial charge in [-0.3, -0.25) is 0 Å². The molecule has 0 aliphatic carbocycles. The Balaban J connectivity index is 1.97. The number of nitrogens with one attached hydrogen (secondary N) is 1. The number of ether oxygens (including phenoxy) is 1. The van der Waals surface area contributed by atoms with Gasteiger partial charge in [-0.25, -0.2) is 0 Å². The van der Waals surface area contributed by atoms with Crippen LogP contribution >= 0.6 is 0 Å². The molecular weight excluding hydrogens is 294 g/mol. The second-order valence-corrected chi connectivity index (χ2v) is 7.27. The summed E-state index contributed by atoms with van der Waals surface area (Å²) in [6.07, 6.45) is 1.69. The molecule has 1 atom stereocenters. The maximum atomic E-state index is 12.3. The Hall–Kier alpha value is -0.960. The molecule has 120 valence electrons. The highest BCUT2D eigenvalue weighted by Gasteiger charge is 2.33. The lowest BCUT2D eigenvalue weighted by molar-refractivity contribution is 0.148. The zero-order valence-electron chi connectivity index (χ0n) is 12.7. The predicted molar refractivity (Wildman–Crippen MR) is 78.0 cm³/mol. The summed E-state index contributed by atoms with van der Waals surface area (Å²) in [5, 5.41) is 3.88. The third-order valence-electron chi connectivity index (χ3n) is 3.57. The van der Waals surface area contributed by atoms with Crippen LogP contribution in [0.5, 0.6) is 0 Å². The van der Waals surface area contributed by atoms with Crippen molar-refractivity contribution in [1.82, 2.24) is 14.2 Å². The van der Waals surface area contributed by atoms with E-state index in [4.69, 9.17) is 9.26 Å². The van der Waals surface area contributed by atoms with Gasteiger partial charge in [0.15, 0.2) is 0 Å². The molecular formula is C13H23N3O4S. The van der Waals surface area contributed by atoms with Crippen LogP contribution in [-0.4, -0.2) is 44.2 Å². The van der Waals surface area contributed by atoms with Gasteiger partial charge in [0.2, 0.25) is 0 Å². The molecule has 1 aliphatic heterocycles. The second-order valence-electron chi connectivity index (χ2n) is 5.56. The lowest BCUT2D eigenvalue weighted by Crippen LogP contribution is -2.44. The maximum Gasteiger partial charge on any atom is 0.280 e. The number of aromatic nitrogens is 1. The maximum absolute atomic E-state index is 12.3. The fourth-order valence-corrected chi connectivity index (χ4v) is 3.84. The summed E-state index contributed by atoms with van der Waals surface area (Å²) in [7, 11) is -1.94. The Kier molecular flexibility index (Phi) is 5.37. The highest BCUT2D eigenvalue weighted by molar-refractivity contribution is 7.87. The molecule has 0 aromatic carbocycles. The fourth-order valence-electron chi connectivity index (χ4n) is 2.42. The van der Waals surface area contributed by atoms with Crippen LogP contribution in [0.15, 0.2) is 10.6 Å². The first-order valence-corrected chi connectivity index (χ1v) is 8.59. The summed E-state index contributed by atoms with van der Waals surface area (Å²) in [5.74, 6) is 0.982. The molecule has 0 bridgehead atoms. The SMILES string of the molecule is COC[C@H]1CCCN1S(=O)(=O)NCc1cc(C(C)C)on1. The zero-order valence-corrected chi connectivity index (χ0v) is 13.5. The first kappa shape index (κ1) is 16.4. The van der Waals surface area contributed by atoms with Gasteiger partial charge in [0.25, 0.3) is 10.2 Å². The first-order chi connectivity index (χ1) is 9.94. The molecule has 0 spiro atoms. The average molecular weight is 317 g/mol. The summed E-state index contributed by atoms with van der Waals surface area (Å²) in [6.45, 7) is 5.07. The highest BCUT2D eigenvalue weighted by Crippen LogP contribution is 2.21. The Morgan fingerprint density at radius 1 is 1.57 bits per heavy atom. The van der Waals surface area contributed by atoms with E-state index in [0.717, 1.165) is 18.6 Å². The van der Waals surface area contributed by atoms with E-state index < -0.39 is 10.2 Å². The minimum atomic E-state index is -3.52. The Labute approximate surface area is 125 Å². The number of nitrogens with zero attached hydrogens (tertiary/aromatic N) is 2. The number of methoxy groups -OCH3 is 1. The van der Waals surface area contributed by atoms with Crippen molar-refractivity contribution in [3.63, 3.8) is 0 Å². The largest absolute Gasteiger partial charge is 0.383 e. The fraction of sp³-hybridized carbons (Fsp3) is 0.769. The summed E-state index contributed by atoms with van der Waals surface area (Å²) < 4.78 is 39.0. The van der Waals surface area contributed by atoms with Crippen molar-refractivity contribution in [1.29, 1.82) is 0 Å². The van der Waals surface area contributed by atoms with Crippen LogP contribution in [0, 0.1) is 0 Å². The summed E-state index contributed by atoms with van der Waals surface area (Å²) in [5.41, 5.74) is 0.588. The Morgan fingerprint density at radius 3 is 2.95 bits per heavy atom. The van der Waals surface area contributed by atoms with Gasteiger partial charge in [-0.15, -0.1) is 0 Å². The van der Waals surface area contributed by atoms with Crippen molar-refractivity contribution in [3.05, 3.63) is 17.5 Å². The molecule has 0 saturated carbocycles. The smallest absolute Gasteiger partial charge is 0.280 e. The minimum Gasteiger partial charge on any atom is -0.383 e. The van der Waals surface area contributed by atoms with Crippen molar-refractivity contribution in [2.24, 2.45) is 0 Å². The zero-order chi connectivity index (χ0) is 15.5. The number of hydrogen-bond acceptors (Lipinski definition) is 5. The van der Waals surface area contributed by atoms with Crippen LogP contribution < -0.4 is 4.72 Å². The molecule has 1 saturated heterocycles. The molecule has 7 nitrogen and oxygen atoms in total. The Bertz CT molecular complexity index is 556. The van der Waals surface area contributed by atoms with E-state index in [-0.39, 0.29) is 18.5 Å². The lowest BCUT2D eigenvalue weighted by atomic mass is 10.1. The van der Waals surface area contributed by atoms with E-state index >= 15 is 0 Å². The molecule has 0 radical (unpaired) electrons. The van der Waals surface area contributed by atoms with Crippen LogP contribution in [0.4, 0.5) is 0 Å². The highest BCUT2D eigenvalue weighted by atomic mass is 32.2. The average Bonchev–Trinajstić information content (AvgIpc) is 3.06. The van der Waals surface area contributed by atoms with E-state index in [1.807, 2.05) is 13.8 Å². The number of rotatable bonds is 7. The van der Waals surface area contributed by atoms with Crippen LogP contribution in [0.1, 0.15) is 44.1 Å². The van der Waals surface area contributed by atoms with Gasteiger partial charge in [-0.05, 0) is 12.8 Å². The molecule has 8 heteroatoms. The summed E-state index contributed by atoms with van der Waals surface area (Å²) in [4.78, 5) is 0. The van der Waals surface area contributed by atoms with Gasteiger partial charge in [-0.2, -0.15) is 17.4 Å². The summed E-state index contributed by atoms with van der Waals surface area (Å²) >= 11 is 0. The van der Waals surface area contributed by atoms with Gasteiger partial charge in [0.05, 0.1) is 18.8 Å². The summed E-state index contributed by atoms with van der Waals surface area (Å²) in [6, 6.07) is 1.69. The third-order valence-corrected chi connectivity index (χ3v) is 5.18. The Morgan fingerprint density at radius 2 is 2.33 bits per heavy atom. The van der Waals surface area contributed by atoms with Crippen LogP contribution in [0.2, 0.25) is 0 Å². The topological polar surface area (TPSA) is 84.7 Å². The first-order valence-electron chi connectivity index (χ1n) is 7.15. The van der Waals surface area contributed by atoms with Crippen LogP contribution in [-0.2, 0) is 21.5 Å². The molecule has 1 aliphatic rings. The lowest BCUT2D eigenvalue weighted by Gasteiger charge is -2.23. The van der Waals surface area contributed by atoms with E-state index in [1.165, 1.54) is 4.31 Å². The van der Waals surface area contributed by atoms with E-state index in [1.54, 1.807) is 13.2 Å². The van der Waals surface area contributed by atoms with Crippen molar-refractivity contribution in [2.45, 2.75) is 45.2 Å². The second kappa shape index (κ2) is 6.87. The van der Waals surface area contributed by atoms with Gasteiger partial charge in [0.1, 0.15) is 5.76 Å². The van der Waals surface area contributed by atoms with Crippen molar-refractivity contribution in [3.8, 4) is 0 Å². The van der Waals surface area contributed by atoms with E-state index in [0.29, 0.717) is 18.8 Å². The quantitative estimate of drug-likeness (QED) is 0.818. The van der Waals surface area contributed by atoms with Gasteiger partial charge < -0.3 is 9.26 Å². The standard InChI is InChI=1S/C13H23N3O4S/c1-10(2)13-7-11(15-20-13)8-14-21(17,18)16-6-4-5-12(16)9-19-3/h7,10,12,14H,4-6,8-9H2,1-3H3/t12-/m1/s1. The van der Waals surface area contributed by atoms with E-state index in [2.05, 4.69) is 9.88 Å². The predicted octanol–water partition coefficient (Wildman–Crippen LogP) is 1.24. The van der Waals surface area contributed by atoms with Crippen molar-refractivity contribution < 1.29 is 17.7 Å². The number of hydrogen-bond donors (Lipinski definition) is 1. The van der Waals surface area contributed by atoms with Crippen LogP contribution in [0.25, 0.3) is 0 Å². The molecule has 2 heterocycles.